The molecule has 0 bridgehead atoms. The Hall–Kier alpha value is -3.60. The number of carbonyl (C=O) groups excluding carboxylic acids is 2. The van der Waals surface area contributed by atoms with E-state index in [-0.39, 0.29) is 11.8 Å². The maximum atomic E-state index is 12.8. The molecule has 5 nitrogen and oxygen atoms in total. The fourth-order valence-corrected chi connectivity index (χ4v) is 2.64. The number of carbonyl (C=O) groups is 2. The second-order valence-corrected chi connectivity index (χ2v) is 6.21. The van der Waals surface area contributed by atoms with E-state index in [1.165, 1.54) is 0 Å². The summed E-state index contributed by atoms with van der Waals surface area (Å²) in [7, 11) is 0. The van der Waals surface area contributed by atoms with E-state index < -0.39 is 0 Å². The summed E-state index contributed by atoms with van der Waals surface area (Å²) in [4.78, 5) is 24.3. The van der Waals surface area contributed by atoms with E-state index in [1.807, 2.05) is 36.4 Å². The van der Waals surface area contributed by atoms with Crippen molar-refractivity contribution in [2.45, 2.75) is 20.0 Å². The van der Waals surface area contributed by atoms with Gasteiger partial charge in [-0.15, -0.1) is 0 Å². The maximum absolute atomic E-state index is 12.8. The number of hydrogen-bond donors (Lipinski definition) is 2. The topological polar surface area (TPSA) is 67.4 Å². The Balaban J connectivity index is 1.71. The third-order valence-corrected chi connectivity index (χ3v) is 4.09. The summed E-state index contributed by atoms with van der Waals surface area (Å²) in [6.45, 7) is 2.16. The van der Waals surface area contributed by atoms with Gasteiger partial charge in [-0.3, -0.25) is 9.59 Å². The van der Waals surface area contributed by atoms with Gasteiger partial charge in [0.1, 0.15) is 12.4 Å². The van der Waals surface area contributed by atoms with Gasteiger partial charge in [0.25, 0.3) is 5.91 Å². The third-order valence-electron chi connectivity index (χ3n) is 4.09. The van der Waals surface area contributed by atoms with Crippen LogP contribution in [-0.4, -0.2) is 11.8 Å². The Kier molecular flexibility index (Phi) is 6.41. The zero-order chi connectivity index (χ0) is 19.8. The summed E-state index contributed by atoms with van der Waals surface area (Å²) in [5.74, 6) is 0.157. The van der Waals surface area contributed by atoms with Crippen LogP contribution in [0.15, 0.2) is 78.9 Å². The Bertz CT molecular complexity index is 955. The van der Waals surface area contributed by atoms with Gasteiger partial charge in [0.15, 0.2) is 0 Å². The SMILES string of the molecule is CCC(=O)Nc1cccc(NC(=O)c2ccccc2OCc2ccccc2)c1. The molecule has 28 heavy (non-hydrogen) atoms. The molecule has 0 unspecified atom stereocenters. The smallest absolute Gasteiger partial charge is 0.259 e. The van der Waals surface area contributed by atoms with Gasteiger partial charge in [-0.1, -0.05) is 55.5 Å². The fourth-order valence-electron chi connectivity index (χ4n) is 2.64. The van der Waals surface area contributed by atoms with Crippen LogP contribution < -0.4 is 15.4 Å². The van der Waals surface area contributed by atoms with Crippen LogP contribution in [0.4, 0.5) is 11.4 Å². The molecule has 0 saturated heterocycles. The van der Waals surface area contributed by atoms with Crippen LogP contribution >= 0.6 is 0 Å². The number of nitrogens with one attached hydrogen (secondary N) is 2. The van der Waals surface area contributed by atoms with E-state index in [2.05, 4.69) is 10.6 Å². The highest BCUT2D eigenvalue weighted by Gasteiger charge is 2.13. The molecule has 0 aromatic heterocycles. The molecule has 0 radical (unpaired) electrons. The minimum absolute atomic E-state index is 0.0804. The van der Waals surface area contributed by atoms with Gasteiger partial charge >= 0.3 is 0 Å². The number of amides is 2. The normalized spacial score (nSPS) is 10.2. The molecule has 2 N–H and O–H groups in total. The molecule has 0 spiro atoms. The summed E-state index contributed by atoms with van der Waals surface area (Å²) in [6.07, 6.45) is 0.392. The molecule has 142 valence electrons. The average molecular weight is 374 g/mol. The predicted octanol–water partition coefficient (Wildman–Crippen LogP) is 4.87. The van der Waals surface area contributed by atoms with Gasteiger partial charge in [-0.2, -0.15) is 0 Å². The van der Waals surface area contributed by atoms with Gasteiger partial charge in [0.05, 0.1) is 5.56 Å². The van der Waals surface area contributed by atoms with E-state index in [1.54, 1.807) is 49.4 Å². The summed E-state index contributed by atoms with van der Waals surface area (Å²) in [6, 6.07) is 23.9. The van der Waals surface area contributed by atoms with Gasteiger partial charge in [0.2, 0.25) is 5.91 Å². The molecule has 0 saturated carbocycles. The van der Waals surface area contributed by atoms with Crippen molar-refractivity contribution >= 4 is 23.2 Å². The van der Waals surface area contributed by atoms with Crippen LogP contribution in [0, 0.1) is 0 Å². The summed E-state index contributed by atoms with van der Waals surface area (Å²) in [5, 5.41) is 5.64. The average Bonchev–Trinajstić information content (AvgIpc) is 2.73. The van der Waals surface area contributed by atoms with Crippen LogP contribution in [0.3, 0.4) is 0 Å². The van der Waals surface area contributed by atoms with E-state index in [4.69, 9.17) is 4.74 Å². The molecule has 0 heterocycles. The number of para-hydroxylation sites is 1. The molecule has 0 aliphatic rings. The Labute approximate surface area is 164 Å². The van der Waals surface area contributed by atoms with Crippen molar-refractivity contribution in [3.63, 3.8) is 0 Å². The first kappa shape index (κ1) is 19.2. The molecular formula is C23H22N2O3. The first-order valence-electron chi connectivity index (χ1n) is 9.12. The molecule has 3 aromatic rings. The molecule has 0 fully saturated rings. The number of hydrogen-bond acceptors (Lipinski definition) is 3. The third kappa shape index (κ3) is 5.20. The van der Waals surface area contributed by atoms with E-state index in [0.717, 1.165) is 5.56 Å². The van der Waals surface area contributed by atoms with Gasteiger partial charge < -0.3 is 15.4 Å². The number of ether oxygens (including phenoxy) is 1. The molecule has 0 atom stereocenters. The second-order valence-electron chi connectivity index (χ2n) is 6.21. The summed E-state index contributed by atoms with van der Waals surface area (Å²) < 4.78 is 5.86. The van der Waals surface area contributed by atoms with Gasteiger partial charge in [-0.05, 0) is 35.9 Å². The minimum Gasteiger partial charge on any atom is -0.488 e. The predicted molar refractivity (Wildman–Crippen MR) is 111 cm³/mol. The van der Waals surface area contributed by atoms with E-state index in [0.29, 0.717) is 35.7 Å². The zero-order valence-electron chi connectivity index (χ0n) is 15.6. The monoisotopic (exact) mass is 374 g/mol. The highest BCUT2D eigenvalue weighted by molar-refractivity contribution is 6.06. The number of rotatable bonds is 7. The highest BCUT2D eigenvalue weighted by atomic mass is 16.5. The molecule has 3 rings (SSSR count). The minimum atomic E-state index is -0.275. The summed E-state index contributed by atoms with van der Waals surface area (Å²) >= 11 is 0. The molecule has 0 aliphatic heterocycles. The van der Waals surface area contributed by atoms with E-state index in [9.17, 15) is 9.59 Å². The van der Waals surface area contributed by atoms with Crippen molar-refractivity contribution in [2.24, 2.45) is 0 Å². The molecular weight excluding hydrogens is 352 g/mol. The lowest BCUT2D eigenvalue weighted by Crippen LogP contribution is -2.14. The first-order chi connectivity index (χ1) is 13.7. The van der Waals surface area contributed by atoms with Crippen molar-refractivity contribution in [1.82, 2.24) is 0 Å². The molecule has 3 aromatic carbocycles. The largest absolute Gasteiger partial charge is 0.488 e. The molecule has 5 heteroatoms. The Morgan fingerprint density at radius 2 is 1.50 bits per heavy atom. The van der Waals surface area contributed by atoms with Crippen LogP contribution in [0.5, 0.6) is 5.75 Å². The Morgan fingerprint density at radius 3 is 2.25 bits per heavy atom. The first-order valence-corrected chi connectivity index (χ1v) is 9.12. The quantitative estimate of drug-likeness (QED) is 0.620. The van der Waals surface area contributed by atoms with Crippen LogP contribution in [0.2, 0.25) is 0 Å². The second kappa shape index (κ2) is 9.37. The van der Waals surface area contributed by atoms with Crippen molar-refractivity contribution in [1.29, 1.82) is 0 Å². The fraction of sp³-hybridized carbons (Fsp3) is 0.130. The number of benzene rings is 3. The Morgan fingerprint density at radius 1 is 0.821 bits per heavy atom. The highest BCUT2D eigenvalue weighted by Crippen LogP contribution is 2.22. The number of anilines is 2. The van der Waals surface area contributed by atoms with E-state index >= 15 is 0 Å². The van der Waals surface area contributed by atoms with Gasteiger partial charge in [-0.25, -0.2) is 0 Å². The van der Waals surface area contributed by atoms with Crippen molar-refractivity contribution in [3.8, 4) is 5.75 Å². The van der Waals surface area contributed by atoms with Crippen molar-refractivity contribution in [3.05, 3.63) is 90.0 Å². The van der Waals surface area contributed by atoms with Crippen LogP contribution in [0.25, 0.3) is 0 Å². The molecule has 2 amide bonds. The lowest BCUT2D eigenvalue weighted by Gasteiger charge is -2.12. The maximum Gasteiger partial charge on any atom is 0.259 e. The standard InChI is InChI=1S/C23H22N2O3/c1-2-22(26)24-18-11-8-12-19(15-18)25-23(27)20-13-6-7-14-21(20)28-16-17-9-4-3-5-10-17/h3-15H,2,16H2,1H3,(H,24,26)(H,25,27). The van der Waals surface area contributed by atoms with Crippen LogP contribution in [0.1, 0.15) is 29.3 Å². The lowest BCUT2D eigenvalue weighted by molar-refractivity contribution is -0.115. The van der Waals surface area contributed by atoms with Crippen molar-refractivity contribution in [2.75, 3.05) is 10.6 Å². The summed E-state index contributed by atoms with van der Waals surface area (Å²) in [5.41, 5.74) is 2.70. The zero-order valence-corrected chi connectivity index (χ0v) is 15.6. The van der Waals surface area contributed by atoms with Gasteiger partial charge in [0, 0.05) is 17.8 Å². The lowest BCUT2D eigenvalue weighted by atomic mass is 10.1. The van der Waals surface area contributed by atoms with Crippen molar-refractivity contribution < 1.29 is 14.3 Å². The van der Waals surface area contributed by atoms with Crippen LogP contribution in [-0.2, 0) is 11.4 Å². The molecule has 0 aliphatic carbocycles.